The average Bonchev–Trinajstić information content (AvgIpc) is 2.33. The molecular formula is C15H23Cl2NO. The van der Waals surface area contributed by atoms with Crippen LogP contribution < -0.4 is 10.1 Å². The second kappa shape index (κ2) is 8.68. The zero-order chi connectivity index (χ0) is 14.3. The summed E-state index contributed by atoms with van der Waals surface area (Å²) in [5, 5.41) is 4.50. The molecule has 0 atom stereocenters. The van der Waals surface area contributed by atoms with Gasteiger partial charge in [0.05, 0.1) is 11.6 Å². The Balaban J connectivity index is 2.68. The molecule has 0 radical (unpaired) electrons. The largest absolute Gasteiger partial charge is 0.492 e. The van der Waals surface area contributed by atoms with Crippen LogP contribution in [-0.4, -0.2) is 13.2 Å². The van der Waals surface area contributed by atoms with Crippen molar-refractivity contribution in [1.29, 1.82) is 0 Å². The Morgan fingerprint density at radius 3 is 2.63 bits per heavy atom. The number of rotatable bonds is 8. The van der Waals surface area contributed by atoms with Crippen LogP contribution in [0.1, 0.15) is 39.2 Å². The summed E-state index contributed by atoms with van der Waals surface area (Å²) in [5.41, 5.74) is 1.02. The number of ether oxygens (including phenoxy) is 1. The summed E-state index contributed by atoms with van der Waals surface area (Å²) in [4.78, 5) is 0. The topological polar surface area (TPSA) is 21.3 Å². The highest BCUT2D eigenvalue weighted by molar-refractivity contribution is 6.35. The fourth-order valence-electron chi connectivity index (χ4n) is 1.83. The average molecular weight is 304 g/mol. The van der Waals surface area contributed by atoms with Gasteiger partial charge in [-0.2, -0.15) is 0 Å². The molecule has 1 aromatic carbocycles. The van der Waals surface area contributed by atoms with Crippen LogP contribution in [0.4, 0.5) is 0 Å². The van der Waals surface area contributed by atoms with Gasteiger partial charge in [0.1, 0.15) is 5.75 Å². The summed E-state index contributed by atoms with van der Waals surface area (Å²) in [6, 6.07) is 3.64. The molecule has 0 aromatic heterocycles. The third-order valence-corrected chi connectivity index (χ3v) is 3.32. The Labute approximate surface area is 126 Å². The van der Waals surface area contributed by atoms with Gasteiger partial charge in [-0.05, 0) is 37.4 Å². The minimum absolute atomic E-state index is 0.588. The molecule has 0 fully saturated rings. The van der Waals surface area contributed by atoms with Gasteiger partial charge in [-0.25, -0.2) is 0 Å². The van der Waals surface area contributed by atoms with Crippen LogP contribution in [0.5, 0.6) is 5.75 Å². The maximum absolute atomic E-state index is 6.22. The summed E-state index contributed by atoms with van der Waals surface area (Å²) in [6.45, 7) is 8.80. The van der Waals surface area contributed by atoms with E-state index in [1.807, 2.05) is 6.07 Å². The summed E-state index contributed by atoms with van der Waals surface area (Å²) < 4.78 is 5.84. The standard InChI is InChI=1S/C15H23Cl2NO/c1-4-18-10-12-8-13(16)9-14(17)15(12)19-7-5-6-11(2)3/h8-9,11,18H,4-7,10H2,1-3H3. The maximum Gasteiger partial charge on any atom is 0.142 e. The Kier molecular flexibility index (Phi) is 7.59. The van der Waals surface area contributed by atoms with Crippen molar-refractivity contribution in [2.24, 2.45) is 5.92 Å². The molecule has 19 heavy (non-hydrogen) atoms. The van der Waals surface area contributed by atoms with Gasteiger partial charge in [-0.3, -0.25) is 0 Å². The van der Waals surface area contributed by atoms with E-state index < -0.39 is 0 Å². The predicted molar refractivity (Wildman–Crippen MR) is 83.4 cm³/mol. The molecule has 1 aromatic rings. The van der Waals surface area contributed by atoms with Crippen molar-refractivity contribution < 1.29 is 4.74 Å². The first-order valence-electron chi connectivity index (χ1n) is 6.86. The molecule has 1 N–H and O–H groups in total. The Morgan fingerprint density at radius 1 is 1.26 bits per heavy atom. The predicted octanol–water partition coefficient (Wildman–Crippen LogP) is 4.92. The minimum Gasteiger partial charge on any atom is -0.492 e. The van der Waals surface area contributed by atoms with Gasteiger partial charge >= 0.3 is 0 Å². The number of hydrogen-bond acceptors (Lipinski definition) is 2. The summed E-state index contributed by atoms with van der Waals surface area (Å²) >= 11 is 12.3. The van der Waals surface area contributed by atoms with Gasteiger partial charge in [0, 0.05) is 17.1 Å². The van der Waals surface area contributed by atoms with Crippen LogP contribution in [0.3, 0.4) is 0 Å². The fourth-order valence-corrected chi connectivity index (χ4v) is 2.42. The van der Waals surface area contributed by atoms with Gasteiger partial charge in [-0.15, -0.1) is 0 Å². The summed E-state index contributed by atoms with van der Waals surface area (Å²) in [7, 11) is 0. The van der Waals surface area contributed by atoms with E-state index in [9.17, 15) is 0 Å². The highest BCUT2D eigenvalue weighted by Gasteiger charge is 2.10. The summed E-state index contributed by atoms with van der Waals surface area (Å²) in [5.74, 6) is 1.46. The molecule has 0 aliphatic carbocycles. The van der Waals surface area contributed by atoms with E-state index in [4.69, 9.17) is 27.9 Å². The minimum atomic E-state index is 0.588. The van der Waals surface area contributed by atoms with Crippen LogP contribution >= 0.6 is 23.2 Å². The molecule has 0 aliphatic heterocycles. The van der Waals surface area contributed by atoms with E-state index >= 15 is 0 Å². The van der Waals surface area contributed by atoms with Crippen molar-refractivity contribution in [3.05, 3.63) is 27.7 Å². The Morgan fingerprint density at radius 2 is 2.00 bits per heavy atom. The monoisotopic (exact) mass is 303 g/mol. The van der Waals surface area contributed by atoms with Gasteiger partial charge in [0.25, 0.3) is 0 Å². The van der Waals surface area contributed by atoms with Gasteiger partial charge in [0.15, 0.2) is 0 Å². The van der Waals surface area contributed by atoms with Crippen molar-refractivity contribution in [3.8, 4) is 5.75 Å². The van der Waals surface area contributed by atoms with E-state index in [1.165, 1.54) is 0 Å². The molecule has 0 saturated heterocycles. The van der Waals surface area contributed by atoms with E-state index in [1.54, 1.807) is 6.07 Å². The molecule has 108 valence electrons. The summed E-state index contributed by atoms with van der Waals surface area (Å²) in [6.07, 6.45) is 2.20. The van der Waals surface area contributed by atoms with Crippen LogP contribution in [0, 0.1) is 5.92 Å². The number of halogens is 2. The van der Waals surface area contributed by atoms with Gasteiger partial charge in [0.2, 0.25) is 0 Å². The lowest BCUT2D eigenvalue weighted by atomic mass is 10.1. The molecule has 0 unspecified atom stereocenters. The number of nitrogens with one attached hydrogen (secondary N) is 1. The number of benzene rings is 1. The smallest absolute Gasteiger partial charge is 0.142 e. The Bertz CT molecular complexity index is 394. The first-order chi connectivity index (χ1) is 9.04. The zero-order valence-electron chi connectivity index (χ0n) is 11.9. The fraction of sp³-hybridized carbons (Fsp3) is 0.600. The molecule has 0 aliphatic rings. The third kappa shape index (κ3) is 6.03. The normalized spacial score (nSPS) is 11.1. The molecule has 1 rings (SSSR count). The lowest BCUT2D eigenvalue weighted by molar-refractivity contribution is 0.294. The number of hydrogen-bond donors (Lipinski definition) is 1. The molecule has 2 nitrogen and oxygen atoms in total. The SMILES string of the molecule is CCNCc1cc(Cl)cc(Cl)c1OCCCC(C)C. The second-order valence-electron chi connectivity index (χ2n) is 5.04. The van der Waals surface area contributed by atoms with Gasteiger partial charge in [-0.1, -0.05) is 44.0 Å². The van der Waals surface area contributed by atoms with E-state index in [0.29, 0.717) is 22.6 Å². The zero-order valence-corrected chi connectivity index (χ0v) is 13.4. The lowest BCUT2D eigenvalue weighted by Crippen LogP contribution is -2.13. The van der Waals surface area contributed by atoms with Crippen molar-refractivity contribution in [3.63, 3.8) is 0 Å². The van der Waals surface area contributed by atoms with Crippen molar-refractivity contribution in [2.75, 3.05) is 13.2 Å². The molecule has 4 heteroatoms. The van der Waals surface area contributed by atoms with Crippen LogP contribution in [0.25, 0.3) is 0 Å². The molecule has 0 amide bonds. The molecular weight excluding hydrogens is 281 g/mol. The van der Waals surface area contributed by atoms with E-state index in [2.05, 4.69) is 26.1 Å². The van der Waals surface area contributed by atoms with Crippen LogP contribution in [0.2, 0.25) is 10.0 Å². The van der Waals surface area contributed by atoms with Crippen LogP contribution in [-0.2, 0) is 6.54 Å². The van der Waals surface area contributed by atoms with Crippen molar-refractivity contribution in [1.82, 2.24) is 5.32 Å². The highest BCUT2D eigenvalue weighted by Crippen LogP contribution is 2.32. The van der Waals surface area contributed by atoms with Crippen molar-refractivity contribution in [2.45, 2.75) is 40.2 Å². The van der Waals surface area contributed by atoms with E-state index in [0.717, 1.165) is 37.2 Å². The van der Waals surface area contributed by atoms with Gasteiger partial charge < -0.3 is 10.1 Å². The molecule has 0 bridgehead atoms. The molecule has 0 heterocycles. The molecule has 0 saturated carbocycles. The van der Waals surface area contributed by atoms with E-state index in [-0.39, 0.29) is 0 Å². The quantitative estimate of drug-likeness (QED) is 0.688. The second-order valence-corrected chi connectivity index (χ2v) is 5.88. The lowest BCUT2D eigenvalue weighted by Gasteiger charge is -2.14. The highest BCUT2D eigenvalue weighted by atomic mass is 35.5. The van der Waals surface area contributed by atoms with Crippen molar-refractivity contribution >= 4 is 23.2 Å². The molecule has 0 spiro atoms. The maximum atomic E-state index is 6.22. The first kappa shape index (κ1) is 16.6. The first-order valence-corrected chi connectivity index (χ1v) is 7.61. The Hall–Kier alpha value is -0.440. The third-order valence-electron chi connectivity index (χ3n) is 2.82. The van der Waals surface area contributed by atoms with Crippen LogP contribution in [0.15, 0.2) is 12.1 Å².